The first kappa shape index (κ1) is 14.5. The van der Waals surface area contributed by atoms with Crippen LogP contribution in [0.5, 0.6) is 0 Å². The van der Waals surface area contributed by atoms with Crippen molar-refractivity contribution in [3.05, 3.63) is 0 Å². The highest BCUT2D eigenvalue weighted by atomic mass is 16.2. The predicted molar refractivity (Wildman–Crippen MR) is 73.0 cm³/mol. The molecule has 1 rings (SSSR count). The van der Waals surface area contributed by atoms with Gasteiger partial charge in [0.05, 0.1) is 0 Å². The van der Waals surface area contributed by atoms with Gasteiger partial charge < -0.3 is 4.90 Å². The molecule has 0 aliphatic carbocycles. The van der Waals surface area contributed by atoms with Gasteiger partial charge in [-0.25, -0.2) is 0 Å². The summed E-state index contributed by atoms with van der Waals surface area (Å²) in [5.41, 5.74) is 0. The first-order chi connectivity index (χ1) is 8.25. The standard InChI is InChI=1S/C15H29NO/c1-3-4-5-6-7-8-9-10-11-14-12-13-16(2)15(14)17/h14H,3-13H2,1-2H3. The number of carbonyl (C=O) groups excluding carboxylic acids is 1. The van der Waals surface area contributed by atoms with E-state index in [0.29, 0.717) is 11.8 Å². The van der Waals surface area contributed by atoms with Crippen LogP contribution >= 0.6 is 0 Å². The lowest BCUT2D eigenvalue weighted by molar-refractivity contribution is -0.130. The number of nitrogens with zero attached hydrogens (tertiary/aromatic N) is 1. The number of carbonyl (C=O) groups is 1. The molecular formula is C15H29NO. The van der Waals surface area contributed by atoms with Gasteiger partial charge in [-0.1, -0.05) is 58.3 Å². The van der Waals surface area contributed by atoms with Crippen molar-refractivity contribution < 1.29 is 4.79 Å². The summed E-state index contributed by atoms with van der Waals surface area (Å²) < 4.78 is 0. The first-order valence-corrected chi connectivity index (χ1v) is 7.50. The predicted octanol–water partition coefficient (Wildman–Crippen LogP) is 4.00. The molecule has 0 spiro atoms. The summed E-state index contributed by atoms with van der Waals surface area (Å²) in [6.45, 7) is 3.23. The molecule has 0 radical (unpaired) electrons. The number of unbranched alkanes of at least 4 members (excludes halogenated alkanes) is 7. The molecule has 1 aliphatic heterocycles. The smallest absolute Gasteiger partial charge is 0.225 e. The number of likely N-dealkylation sites (tertiary alicyclic amines) is 1. The molecule has 1 aliphatic rings. The SMILES string of the molecule is CCCCCCCCCCC1CCN(C)C1=O. The van der Waals surface area contributed by atoms with E-state index in [4.69, 9.17) is 0 Å². The molecule has 100 valence electrons. The molecule has 0 saturated carbocycles. The molecule has 1 atom stereocenters. The molecular weight excluding hydrogens is 210 g/mol. The lowest BCUT2D eigenvalue weighted by Crippen LogP contribution is -2.22. The molecule has 2 nitrogen and oxygen atoms in total. The van der Waals surface area contributed by atoms with Gasteiger partial charge in [-0.3, -0.25) is 4.79 Å². The van der Waals surface area contributed by atoms with E-state index in [2.05, 4.69) is 6.92 Å². The molecule has 1 heterocycles. The van der Waals surface area contributed by atoms with Crippen molar-refractivity contribution in [2.24, 2.45) is 5.92 Å². The van der Waals surface area contributed by atoms with E-state index in [1.54, 1.807) is 0 Å². The first-order valence-electron chi connectivity index (χ1n) is 7.50. The Balaban J connectivity index is 1.89. The second-order valence-corrected chi connectivity index (χ2v) is 5.51. The Morgan fingerprint density at radius 3 is 2.18 bits per heavy atom. The van der Waals surface area contributed by atoms with E-state index in [1.165, 1.54) is 51.4 Å². The summed E-state index contributed by atoms with van der Waals surface area (Å²) in [7, 11) is 1.93. The quantitative estimate of drug-likeness (QED) is 0.557. The Morgan fingerprint density at radius 2 is 1.65 bits per heavy atom. The molecule has 0 aromatic heterocycles. The van der Waals surface area contributed by atoms with Crippen molar-refractivity contribution in [3.8, 4) is 0 Å². The monoisotopic (exact) mass is 239 g/mol. The van der Waals surface area contributed by atoms with Crippen LogP contribution in [0.2, 0.25) is 0 Å². The third-order valence-electron chi connectivity index (χ3n) is 3.94. The summed E-state index contributed by atoms with van der Waals surface area (Å²) >= 11 is 0. The Bertz CT molecular complexity index is 215. The van der Waals surface area contributed by atoms with Crippen LogP contribution < -0.4 is 0 Å². The van der Waals surface area contributed by atoms with Crippen molar-refractivity contribution in [3.63, 3.8) is 0 Å². The third kappa shape index (κ3) is 5.56. The van der Waals surface area contributed by atoms with Crippen molar-refractivity contribution in [1.82, 2.24) is 4.90 Å². The normalized spacial score (nSPS) is 20.2. The number of hydrogen-bond donors (Lipinski definition) is 0. The molecule has 1 saturated heterocycles. The fourth-order valence-corrected chi connectivity index (χ4v) is 2.69. The van der Waals surface area contributed by atoms with Gasteiger partial charge in [0.25, 0.3) is 0 Å². The van der Waals surface area contributed by atoms with Crippen LogP contribution in [0.15, 0.2) is 0 Å². The maximum atomic E-state index is 11.7. The van der Waals surface area contributed by atoms with E-state index in [0.717, 1.165) is 19.4 Å². The Kier molecular flexibility index (Phi) is 7.30. The molecule has 1 unspecified atom stereocenters. The van der Waals surface area contributed by atoms with Crippen molar-refractivity contribution >= 4 is 5.91 Å². The average molecular weight is 239 g/mol. The van der Waals surface area contributed by atoms with E-state index < -0.39 is 0 Å². The third-order valence-corrected chi connectivity index (χ3v) is 3.94. The van der Waals surface area contributed by atoms with Gasteiger partial charge >= 0.3 is 0 Å². The maximum Gasteiger partial charge on any atom is 0.225 e. The molecule has 0 aromatic carbocycles. The zero-order valence-corrected chi connectivity index (χ0v) is 11.7. The van der Waals surface area contributed by atoms with Gasteiger partial charge in [0.2, 0.25) is 5.91 Å². The van der Waals surface area contributed by atoms with Gasteiger partial charge in [-0.2, -0.15) is 0 Å². The highest BCUT2D eigenvalue weighted by molar-refractivity contribution is 5.80. The fourth-order valence-electron chi connectivity index (χ4n) is 2.69. The van der Waals surface area contributed by atoms with Crippen LogP contribution in [0.3, 0.4) is 0 Å². The van der Waals surface area contributed by atoms with E-state index >= 15 is 0 Å². The fraction of sp³-hybridized carbons (Fsp3) is 0.933. The van der Waals surface area contributed by atoms with Gasteiger partial charge in [0, 0.05) is 19.5 Å². The van der Waals surface area contributed by atoms with Crippen molar-refractivity contribution in [1.29, 1.82) is 0 Å². The summed E-state index contributed by atoms with van der Waals surface area (Å²) in [5, 5.41) is 0. The van der Waals surface area contributed by atoms with Crippen LogP contribution in [0.1, 0.15) is 71.1 Å². The highest BCUT2D eigenvalue weighted by Crippen LogP contribution is 2.22. The molecule has 0 aromatic rings. The van der Waals surface area contributed by atoms with E-state index in [1.807, 2.05) is 11.9 Å². The minimum Gasteiger partial charge on any atom is -0.345 e. The topological polar surface area (TPSA) is 20.3 Å². The molecule has 17 heavy (non-hydrogen) atoms. The Morgan fingerprint density at radius 1 is 1.06 bits per heavy atom. The van der Waals surface area contributed by atoms with Gasteiger partial charge in [0.1, 0.15) is 0 Å². The summed E-state index contributed by atoms with van der Waals surface area (Å²) in [4.78, 5) is 13.6. The maximum absolute atomic E-state index is 11.7. The molecule has 1 amide bonds. The van der Waals surface area contributed by atoms with E-state index in [9.17, 15) is 4.79 Å². The average Bonchev–Trinajstić information content (AvgIpc) is 2.64. The van der Waals surface area contributed by atoms with Crippen LogP contribution in [0.4, 0.5) is 0 Å². The summed E-state index contributed by atoms with van der Waals surface area (Å²) in [6, 6.07) is 0. The largest absolute Gasteiger partial charge is 0.345 e. The van der Waals surface area contributed by atoms with Crippen LogP contribution in [-0.2, 0) is 4.79 Å². The lowest BCUT2D eigenvalue weighted by Gasteiger charge is -2.09. The van der Waals surface area contributed by atoms with Crippen molar-refractivity contribution in [2.45, 2.75) is 71.1 Å². The minimum absolute atomic E-state index is 0.347. The number of hydrogen-bond acceptors (Lipinski definition) is 1. The van der Waals surface area contributed by atoms with Crippen LogP contribution in [-0.4, -0.2) is 24.4 Å². The number of rotatable bonds is 9. The Labute approximate surface area is 107 Å². The molecule has 1 fully saturated rings. The van der Waals surface area contributed by atoms with E-state index in [-0.39, 0.29) is 0 Å². The zero-order valence-electron chi connectivity index (χ0n) is 11.7. The van der Waals surface area contributed by atoms with Crippen LogP contribution in [0.25, 0.3) is 0 Å². The van der Waals surface area contributed by atoms with Crippen molar-refractivity contribution in [2.75, 3.05) is 13.6 Å². The molecule has 2 heteroatoms. The van der Waals surface area contributed by atoms with Crippen LogP contribution in [0, 0.1) is 5.92 Å². The lowest BCUT2D eigenvalue weighted by atomic mass is 9.99. The van der Waals surface area contributed by atoms with Gasteiger partial charge in [-0.05, 0) is 12.8 Å². The highest BCUT2D eigenvalue weighted by Gasteiger charge is 2.27. The second kappa shape index (κ2) is 8.54. The van der Waals surface area contributed by atoms with Gasteiger partial charge in [-0.15, -0.1) is 0 Å². The summed E-state index contributed by atoms with van der Waals surface area (Å²) in [6.07, 6.45) is 13.1. The minimum atomic E-state index is 0.347. The second-order valence-electron chi connectivity index (χ2n) is 5.51. The molecule has 0 N–H and O–H groups in total. The molecule has 0 bridgehead atoms. The zero-order chi connectivity index (χ0) is 12.5. The Hall–Kier alpha value is -0.530. The summed E-state index contributed by atoms with van der Waals surface area (Å²) in [5.74, 6) is 0.730. The number of amides is 1. The van der Waals surface area contributed by atoms with Gasteiger partial charge in [0.15, 0.2) is 0 Å².